The fourth-order valence-electron chi connectivity index (χ4n) is 5.99. The summed E-state index contributed by atoms with van der Waals surface area (Å²) >= 11 is 2.80. The van der Waals surface area contributed by atoms with Gasteiger partial charge in [-0.1, -0.05) is 54.6 Å². The highest BCUT2D eigenvalue weighted by Crippen LogP contribution is 2.38. The molecule has 3 N–H and O–H groups in total. The minimum Gasteiger partial charge on any atom is -0.497 e. The van der Waals surface area contributed by atoms with Crippen LogP contribution >= 0.6 is 23.1 Å². The van der Waals surface area contributed by atoms with E-state index in [2.05, 4.69) is 39.1 Å². The van der Waals surface area contributed by atoms with Gasteiger partial charge in [-0.25, -0.2) is 0 Å². The van der Waals surface area contributed by atoms with Crippen LogP contribution in [0.5, 0.6) is 11.5 Å². The van der Waals surface area contributed by atoms with Crippen molar-refractivity contribution < 1.29 is 23.9 Å². The molecule has 0 radical (unpaired) electrons. The predicted molar refractivity (Wildman–Crippen MR) is 214 cm³/mol. The Hall–Kier alpha value is -5.87. The van der Waals surface area contributed by atoms with Crippen molar-refractivity contribution >= 4 is 57.6 Å². The Morgan fingerprint density at radius 3 is 2.43 bits per heavy atom. The molecule has 4 aromatic carbocycles. The molecule has 10 nitrogen and oxygen atoms in total. The van der Waals surface area contributed by atoms with Crippen LogP contribution in [-0.2, 0) is 29.1 Å². The monoisotopic (exact) mass is 757 g/mol. The van der Waals surface area contributed by atoms with Crippen LogP contribution in [0.15, 0.2) is 114 Å². The number of thioether (sulfide) groups is 1. The van der Waals surface area contributed by atoms with E-state index in [1.807, 2.05) is 24.3 Å². The number of fused-ring (bicyclic) bond motifs is 1. The molecule has 274 valence electrons. The number of anilines is 2. The summed E-state index contributed by atoms with van der Waals surface area (Å²) in [5.41, 5.74) is 4.20. The van der Waals surface area contributed by atoms with E-state index in [4.69, 9.17) is 9.47 Å². The fraction of sp³-hybridized carbons (Fsp3) is 0.190. The highest BCUT2D eigenvalue weighted by Gasteiger charge is 2.27. The van der Waals surface area contributed by atoms with Gasteiger partial charge in [-0.2, -0.15) is 5.26 Å². The average molecular weight is 758 g/mol. The van der Waals surface area contributed by atoms with Crippen LogP contribution in [0, 0.1) is 11.3 Å². The van der Waals surface area contributed by atoms with Gasteiger partial charge in [-0.05, 0) is 73.0 Å². The zero-order valence-electron chi connectivity index (χ0n) is 30.1. The second-order valence-electron chi connectivity index (χ2n) is 12.5. The molecule has 0 spiro atoms. The number of nitrogens with zero attached hydrogens (tertiary/aromatic N) is 2. The van der Waals surface area contributed by atoms with Crippen LogP contribution in [0.1, 0.15) is 44.4 Å². The second-order valence-corrected chi connectivity index (χ2v) is 15.0. The second kappa shape index (κ2) is 17.8. The van der Waals surface area contributed by atoms with Crippen molar-refractivity contribution in [3.8, 4) is 17.6 Å². The number of carbonyl (C=O) groups excluding carboxylic acids is 3. The number of nitrogens with one attached hydrogen (secondary N) is 3. The van der Waals surface area contributed by atoms with Crippen LogP contribution in [0.25, 0.3) is 6.08 Å². The van der Waals surface area contributed by atoms with E-state index < -0.39 is 17.1 Å². The van der Waals surface area contributed by atoms with Crippen LogP contribution in [-0.4, -0.2) is 48.6 Å². The van der Waals surface area contributed by atoms with Gasteiger partial charge in [0.05, 0.1) is 25.0 Å². The molecule has 1 atom stereocenters. The van der Waals surface area contributed by atoms with Gasteiger partial charge in [0.25, 0.3) is 11.8 Å². The van der Waals surface area contributed by atoms with Gasteiger partial charge >= 0.3 is 0 Å². The van der Waals surface area contributed by atoms with E-state index in [1.54, 1.807) is 80.8 Å². The molecule has 2 heterocycles. The first-order valence-electron chi connectivity index (χ1n) is 17.2. The number of amides is 3. The molecule has 0 bridgehead atoms. The summed E-state index contributed by atoms with van der Waals surface area (Å²) in [5, 5.41) is 18.8. The first-order chi connectivity index (χ1) is 26.2. The molecular formula is C42H39N5O5S2. The minimum atomic E-state index is -0.557. The maximum absolute atomic E-state index is 13.7. The number of thiophene rings is 1. The standard InChI is InChI=1S/C42H39N5O5S2/c1-27(39(48)46-42-35(24-43)34-19-20-47(26-38(34)54-42)25-28-11-6-4-7-12-28)53-33-16-10-15-31(22-33)44-41(50)36(45-40(49)29-13-8-5-9-14-29)21-30-17-18-32(51-2)23-37(30)52-3/h4-18,21-23,27H,19-20,25-26H2,1-3H3,(H,44,50)(H,45,49)(H,46,48)/b36-21+. The molecule has 1 unspecified atom stereocenters. The molecule has 6 rings (SSSR count). The summed E-state index contributed by atoms with van der Waals surface area (Å²) in [6.45, 7) is 4.19. The number of hydrogen-bond donors (Lipinski definition) is 3. The zero-order chi connectivity index (χ0) is 38.0. The summed E-state index contributed by atoms with van der Waals surface area (Å²) < 4.78 is 10.8. The highest BCUT2D eigenvalue weighted by molar-refractivity contribution is 8.00. The van der Waals surface area contributed by atoms with Gasteiger partial charge in [-0.15, -0.1) is 23.1 Å². The topological polar surface area (TPSA) is 133 Å². The molecule has 0 aliphatic carbocycles. The van der Waals surface area contributed by atoms with Crippen molar-refractivity contribution in [2.24, 2.45) is 0 Å². The third-order valence-corrected chi connectivity index (χ3v) is 11.0. The Labute approximate surface area is 322 Å². The molecule has 1 aliphatic heterocycles. The van der Waals surface area contributed by atoms with Crippen molar-refractivity contribution in [3.05, 3.63) is 142 Å². The number of benzene rings is 4. The Morgan fingerprint density at radius 1 is 0.944 bits per heavy atom. The maximum atomic E-state index is 13.7. The van der Waals surface area contributed by atoms with E-state index >= 15 is 0 Å². The fourth-order valence-corrected chi connectivity index (χ4v) is 8.16. The molecule has 0 saturated heterocycles. The molecular weight excluding hydrogens is 719 g/mol. The lowest BCUT2D eigenvalue weighted by molar-refractivity contribution is -0.115. The summed E-state index contributed by atoms with van der Waals surface area (Å²) in [7, 11) is 3.05. The van der Waals surface area contributed by atoms with Crippen molar-refractivity contribution in [1.82, 2.24) is 10.2 Å². The lowest BCUT2D eigenvalue weighted by Crippen LogP contribution is -2.30. The van der Waals surface area contributed by atoms with Gasteiger partial charge in [0, 0.05) is 52.3 Å². The summed E-state index contributed by atoms with van der Waals surface area (Å²) in [5.74, 6) is -0.212. The molecule has 12 heteroatoms. The third kappa shape index (κ3) is 9.37. The van der Waals surface area contributed by atoms with Crippen LogP contribution in [0.3, 0.4) is 0 Å². The van der Waals surface area contributed by atoms with Gasteiger partial charge < -0.3 is 25.4 Å². The van der Waals surface area contributed by atoms with E-state index in [9.17, 15) is 19.6 Å². The smallest absolute Gasteiger partial charge is 0.272 e. The lowest BCUT2D eigenvalue weighted by atomic mass is 10.0. The number of hydrogen-bond acceptors (Lipinski definition) is 9. The van der Waals surface area contributed by atoms with E-state index in [1.165, 1.54) is 41.8 Å². The Bertz CT molecular complexity index is 2220. The Balaban J connectivity index is 1.14. The van der Waals surface area contributed by atoms with E-state index in [0.717, 1.165) is 41.4 Å². The number of carbonyl (C=O) groups is 3. The Kier molecular flexibility index (Phi) is 12.5. The molecule has 54 heavy (non-hydrogen) atoms. The van der Waals surface area contributed by atoms with Crippen LogP contribution in [0.2, 0.25) is 0 Å². The molecule has 5 aromatic rings. The summed E-state index contributed by atoms with van der Waals surface area (Å²) in [6.07, 6.45) is 2.29. The SMILES string of the molecule is COc1ccc(/C=C(/NC(=O)c2ccccc2)C(=O)Nc2cccc(SC(C)C(=O)Nc3sc4c(c3C#N)CCN(Cc3ccccc3)C4)c2)c(OC)c1. The molecule has 0 fully saturated rings. The first-order valence-corrected chi connectivity index (χ1v) is 18.9. The van der Waals surface area contributed by atoms with Gasteiger partial charge in [-0.3, -0.25) is 19.3 Å². The van der Waals surface area contributed by atoms with Crippen molar-refractivity contribution in [1.29, 1.82) is 5.26 Å². The predicted octanol–water partition coefficient (Wildman–Crippen LogP) is 7.72. The minimum absolute atomic E-state index is 0.00625. The lowest BCUT2D eigenvalue weighted by Gasteiger charge is -2.26. The maximum Gasteiger partial charge on any atom is 0.272 e. The average Bonchev–Trinajstić information content (AvgIpc) is 3.54. The van der Waals surface area contributed by atoms with Gasteiger partial charge in [0.2, 0.25) is 5.91 Å². The normalized spacial score (nSPS) is 13.2. The summed E-state index contributed by atoms with van der Waals surface area (Å²) in [6, 6.07) is 33.5. The highest BCUT2D eigenvalue weighted by atomic mass is 32.2. The summed E-state index contributed by atoms with van der Waals surface area (Å²) in [4.78, 5) is 44.6. The molecule has 0 saturated carbocycles. The number of rotatable bonds is 13. The van der Waals surface area contributed by atoms with Gasteiger partial charge in [0.15, 0.2) is 0 Å². The van der Waals surface area contributed by atoms with E-state index in [0.29, 0.717) is 38.9 Å². The molecule has 1 aromatic heterocycles. The van der Waals surface area contributed by atoms with Crippen molar-refractivity contribution in [3.63, 3.8) is 0 Å². The quantitative estimate of drug-likeness (QED) is 0.0822. The van der Waals surface area contributed by atoms with Gasteiger partial charge in [0.1, 0.15) is 28.3 Å². The van der Waals surface area contributed by atoms with Crippen LogP contribution in [0.4, 0.5) is 10.7 Å². The number of nitriles is 1. The van der Waals surface area contributed by atoms with Crippen LogP contribution < -0.4 is 25.4 Å². The van der Waals surface area contributed by atoms with Crippen molar-refractivity contribution in [2.75, 3.05) is 31.4 Å². The Morgan fingerprint density at radius 2 is 1.70 bits per heavy atom. The number of methoxy groups -OCH3 is 2. The van der Waals surface area contributed by atoms with Crippen molar-refractivity contribution in [2.45, 2.75) is 36.6 Å². The zero-order valence-corrected chi connectivity index (χ0v) is 31.7. The largest absolute Gasteiger partial charge is 0.497 e. The van der Waals surface area contributed by atoms with E-state index in [-0.39, 0.29) is 11.6 Å². The number of ether oxygens (including phenoxy) is 2. The molecule has 3 amide bonds. The first kappa shape index (κ1) is 37.9. The molecule has 1 aliphatic rings. The third-order valence-electron chi connectivity index (χ3n) is 8.78.